The molecule has 1 N–H and O–H groups in total. The van der Waals surface area contributed by atoms with Crippen LogP contribution in [0.15, 0.2) is 0 Å². The second-order valence-electron chi connectivity index (χ2n) is 2.28. The van der Waals surface area contributed by atoms with E-state index in [2.05, 4.69) is 6.92 Å². The third-order valence-electron chi connectivity index (χ3n) is 1.40. The van der Waals surface area contributed by atoms with Crippen molar-refractivity contribution >= 4 is 0 Å². The predicted octanol–water partition coefficient (Wildman–Crippen LogP) is 0.810. The fourth-order valence-corrected chi connectivity index (χ4v) is 0.799. The van der Waals surface area contributed by atoms with Gasteiger partial charge in [-0.1, -0.05) is 6.92 Å². The van der Waals surface area contributed by atoms with E-state index in [-0.39, 0.29) is 12.7 Å². The van der Waals surface area contributed by atoms with Crippen LogP contribution in [0.5, 0.6) is 0 Å². The van der Waals surface area contributed by atoms with Crippen LogP contribution < -0.4 is 0 Å². The molecule has 0 heterocycles. The average Bonchev–Trinajstić information content (AvgIpc) is 2.03. The van der Waals surface area contributed by atoms with Crippen LogP contribution in [0.1, 0.15) is 20.3 Å². The zero-order valence-corrected chi connectivity index (χ0v) is 7.38. The third-order valence-corrected chi connectivity index (χ3v) is 1.40. The van der Waals surface area contributed by atoms with Gasteiger partial charge in [0.05, 0.1) is 25.9 Å². The number of aliphatic hydroxyl groups is 1. The zero-order chi connectivity index (χ0) is 8.53. The van der Waals surface area contributed by atoms with Gasteiger partial charge in [0.1, 0.15) is 0 Å². The van der Waals surface area contributed by atoms with Crippen LogP contribution in [0.25, 0.3) is 0 Å². The Morgan fingerprint density at radius 2 is 2.09 bits per heavy atom. The van der Waals surface area contributed by atoms with E-state index in [0.717, 1.165) is 13.0 Å². The summed E-state index contributed by atoms with van der Waals surface area (Å²) in [6.07, 6.45) is 1.14. The summed E-state index contributed by atoms with van der Waals surface area (Å²) < 4.78 is 10.4. The molecule has 0 radical (unpaired) electrons. The smallest absolute Gasteiger partial charge is 0.0805 e. The van der Waals surface area contributed by atoms with E-state index in [4.69, 9.17) is 14.6 Å². The predicted molar refractivity (Wildman–Crippen MR) is 43.6 cm³/mol. The largest absolute Gasteiger partial charge is 0.394 e. The Hall–Kier alpha value is -0.120. The van der Waals surface area contributed by atoms with Crippen molar-refractivity contribution < 1.29 is 14.6 Å². The first-order valence-electron chi connectivity index (χ1n) is 4.15. The molecule has 0 saturated heterocycles. The minimum atomic E-state index is 0.0859. The Labute approximate surface area is 68.3 Å². The Kier molecular flexibility index (Phi) is 7.89. The van der Waals surface area contributed by atoms with E-state index in [9.17, 15) is 0 Å². The second-order valence-corrected chi connectivity index (χ2v) is 2.28. The van der Waals surface area contributed by atoms with Gasteiger partial charge >= 0.3 is 0 Å². The molecular formula is C8H18O3. The Balaban J connectivity index is 3.20. The van der Waals surface area contributed by atoms with Gasteiger partial charge in [0.25, 0.3) is 0 Å². The lowest BCUT2D eigenvalue weighted by atomic mass is 10.3. The topological polar surface area (TPSA) is 38.7 Å². The molecular weight excluding hydrogens is 144 g/mol. The molecule has 0 fully saturated rings. The monoisotopic (exact) mass is 162 g/mol. The maximum Gasteiger partial charge on any atom is 0.0805 e. The van der Waals surface area contributed by atoms with Crippen molar-refractivity contribution in [3.8, 4) is 0 Å². The summed E-state index contributed by atoms with van der Waals surface area (Å²) in [5.74, 6) is 0. The molecule has 1 atom stereocenters. The number of hydrogen-bond acceptors (Lipinski definition) is 3. The van der Waals surface area contributed by atoms with Gasteiger partial charge in [-0.15, -0.1) is 0 Å². The summed E-state index contributed by atoms with van der Waals surface area (Å²) >= 11 is 0. The Morgan fingerprint density at radius 3 is 2.55 bits per heavy atom. The van der Waals surface area contributed by atoms with E-state index < -0.39 is 0 Å². The molecule has 0 aliphatic heterocycles. The van der Waals surface area contributed by atoms with E-state index in [1.54, 1.807) is 0 Å². The van der Waals surface area contributed by atoms with Gasteiger partial charge in [-0.2, -0.15) is 0 Å². The normalized spacial score (nSPS) is 13.4. The van der Waals surface area contributed by atoms with Gasteiger partial charge in [0, 0.05) is 6.61 Å². The highest BCUT2D eigenvalue weighted by molar-refractivity contribution is 4.51. The van der Waals surface area contributed by atoms with E-state index in [1.807, 2.05) is 6.92 Å². The van der Waals surface area contributed by atoms with Crippen LogP contribution in [0, 0.1) is 0 Å². The number of rotatable bonds is 7. The summed E-state index contributed by atoms with van der Waals surface area (Å²) in [5.41, 5.74) is 0. The van der Waals surface area contributed by atoms with Crippen molar-refractivity contribution in [1.29, 1.82) is 0 Å². The van der Waals surface area contributed by atoms with Gasteiger partial charge in [-0.3, -0.25) is 0 Å². The minimum Gasteiger partial charge on any atom is -0.394 e. The van der Waals surface area contributed by atoms with Crippen LogP contribution in [0.3, 0.4) is 0 Å². The second kappa shape index (κ2) is 7.98. The Morgan fingerprint density at radius 1 is 1.36 bits per heavy atom. The first kappa shape index (κ1) is 10.9. The van der Waals surface area contributed by atoms with Crippen molar-refractivity contribution in [2.45, 2.75) is 26.4 Å². The zero-order valence-electron chi connectivity index (χ0n) is 7.38. The highest BCUT2D eigenvalue weighted by Gasteiger charge is 2.03. The van der Waals surface area contributed by atoms with E-state index in [1.165, 1.54) is 0 Å². The highest BCUT2D eigenvalue weighted by atomic mass is 16.5. The van der Waals surface area contributed by atoms with Gasteiger partial charge in [-0.05, 0) is 13.3 Å². The molecule has 3 nitrogen and oxygen atoms in total. The first-order valence-corrected chi connectivity index (χ1v) is 4.15. The summed E-state index contributed by atoms with van der Waals surface area (Å²) in [6, 6.07) is 0. The van der Waals surface area contributed by atoms with Crippen LogP contribution >= 0.6 is 0 Å². The maximum atomic E-state index is 8.42. The van der Waals surface area contributed by atoms with E-state index in [0.29, 0.717) is 13.2 Å². The van der Waals surface area contributed by atoms with Crippen LogP contribution in [0.2, 0.25) is 0 Å². The molecule has 0 aromatic rings. The molecule has 0 aliphatic rings. The molecule has 0 aliphatic carbocycles. The molecule has 0 aromatic carbocycles. The van der Waals surface area contributed by atoms with Crippen LogP contribution in [0.4, 0.5) is 0 Å². The maximum absolute atomic E-state index is 8.42. The molecule has 1 unspecified atom stereocenters. The third kappa shape index (κ3) is 6.28. The fraction of sp³-hybridized carbons (Fsp3) is 1.00. The van der Waals surface area contributed by atoms with Crippen molar-refractivity contribution in [2.75, 3.05) is 26.4 Å². The fourth-order valence-electron chi connectivity index (χ4n) is 0.799. The Bertz CT molecular complexity index is 75.7. The lowest BCUT2D eigenvalue weighted by Crippen LogP contribution is -2.19. The van der Waals surface area contributed by atoms with E-state index >= 15 is 0 Å². The first-order chi connectivity index (χ1) is 5.35. The molecule has 3 heteroatoms. The number of aliphatic hydroxyl groups excluding tert-OH is 1. The van der Waals surface area contributed by atoms with Gasteiger partial charge in [0.2, 0.25) is 0 Å². The summed E-state index contributed by atoms with van der Waals surface area (Å²) in [7, 11) is 0. The van der Waals surface area contributed by atoms with Crippen LogP contribution in [-0.2, 0) is 9.47 Å². The SMILES string of the molecule is CCOC(CC)COCCO. The quantitative estimate of drug-likeness (QED) is 0.563. The number of ether oxygens (including phenoxy) is 2. The average molecular weight is 162 g/mol. The van der Waals surface area contributed by atoms with Gasteiger partial charge < -0.3 is 14.6 Å². The lowest BCUT2D eigenvalue weighted by molar-refractivity contribution is -0.0205. The lowest BCUT2D eigenvalue weighted by Gasteiger charge is -2.14. The van der Waals surface area contributed by atoms with Gasteiger partial charge in [-0.25, -0.2) is 0 Å². The standard InChI is InChI=1S/C8H18O3/c1-3-8(11-4-2)7-10-6-5-9/h8-9H,3-7H2,1-2H3. The van der Waals surface area contributed by atoms with Gasteiger partial charge in [0.15, 0.2) is 0 Å². The summed E-state index contributed by atoms with van der Waals surface area (Å²) in [6.45, 7) is 5.83. The molecule has 0 spiro atoms. The molecule has 0 aromatic heterocycles. The minimum absolute atomic E-state index is 0.0859. The molecule has 11 heavy (non-hydrogen) atoms. The van der Waals surface area contributed by atoms with Crippen molar-refractivity contribution in [2.24, 2.45) is 0 Å². The molecule has 0 rings (SSSR count). The highest BCUT2D eigenvalue weighted by Crippen LogP contribution is 1.97. The summed E-state index contributed by atoms with van der Waals surface area (Å²) in [5, 5.41) is 8.42. The van der Waals surface area contributed by atoms with Crippen molar-refractivity contribution in [1.82, 2.24) is 0 Å². The summed E-state index contributed by atoms with van der Waals surface area (Å²) in [4.78, 5) is 0. The molecule has 0 bridgehead atoms. The van der Waals surface area contributed by atoms with Crippen molar-refractivity contribution in [3.05, 3.63) is 0 Å². The molecule has 0 amide bonds. The van der Waals surface area contributed by atoms with Crippen LogP contribution in [-0.4, -0.2) is 37.6 Å². The number of hydrogen-bond donors (Lipinski definition) is 1. The molecule has 68 valence electrons. The molecule has 0 saturated carbocycles. The van der Waals surface area contributed by atoms with Crippen molar-refractivity contribution in [3.63, 3.8) is 0 Å².